The molecule has 2 aliphatic rings. The minimum atomic E-state index is -0.429. The van der Waals surface area contributed by atoms with Gasteiger partial charge in [-0.05, 0) is 62.1 Å². The Kier molecular flexibility index (Phi) is 8.66. The molecule has 3 atom stereocenters. The van der Waals surface area contributed by atoms with Crippen molar-refractivity contribution in [3.63, 3.8) is 0 Å². The van der Waals surface area contributed by atoms with Crippen LogP contribution >= 0.6 is 0 Å². The van der Waals surface area contributed by atoms with Crippen molar-refractivity contribution in [1.29, 1.82) is 0 Å². The largest absolute Gasteiger partial charge is 0.491 e. The summed E-state index contributed by atoms with van der Waals surface area (Å²) in [7, 11) is 3.33. The van der Waals surface area contributed by atoms with Crippen molar-refractivity contribution in [1.82, 2.24) is 9.80 Å². The number of halogens is 1. The molecule has 2 aromatic carbocycles. The maximum Gasteiger partial charge on any atom is 0.257 e. The number of nitrogens with one attached hydrogen (secondary N) is 1. The molecular formula is C29H36FN3O5. The third-order valence-corrected chi connectivity index (χ3v) is 7.29. The first-order valence-corrected chi connectivity index (χ1v) is 13.1. The monoisotopic (exact) mass is 525 g/mol. The lowest BCUT2D eigenvalue weighted by Gasteiger charge is -2.36. The second-order valence-corrected chi connectivity index (χ2v) is 10.5. The summed E-state index contributed by atoms with van der Waals surface area (Å²) in [5.74, 6) is -0.202. The number of benzene rings is 2. The number of anilines is 1. The van der Waals surface area contributed by atoms with E-state index in [1.807, 2.05) is 18.7 Å². The van der Waals surface area contributed by atoms with Crippen molar-refractivity contribution >= 4 is 23.4 Å². The SMILES string of the molecule is CO[C@H]1CN(C)C(=O)c2ccc(NC(=O)c3ccc(F)cc3)cc2OC[C@H](C)N(C(=O)CC2CC2)C[C@H]1C. The van der Waals surface area contributed by atoms with Crippen LogP contribution in [0.5, 0.6) is 5.75 Å². The van der Waals surface area contributed by atoms with Gasteiger partial charge in [0, 0.05) is 56.9 Å². The molecule has 1 heterocycles. The highest BCUT2D eigenvalue weighted by Gasteiger charge is 2.33. The summed E-state index contributed by atoms with van der Waals surface area (Å²) in [5, 5.41) is 2.78. The number of nitrogens with zero attached hydrogens (tertiary/aromatic N) is 2. The van der Waals surface area contributed by atoms with Crippen molar-refractivity contribution < 1.29 is 28.2 Å². The van der Waals surface area contributed by atoms with Crippen LogP contribution < -0.4 is 10.1 Å². The van der Waals surface area contributed by atoms with Crippen LogP contribution in [-0.2, 0) is 9.53 Å². The van der Waals surface area contributed by atoms with Crippen molar-refractivity contribution in [3.05, 3.63) is 59.4 Å². The Labute approximate surface area is 223 Å². The van der Waals surface area contributed by atoms with Gasteiger partial charge in [0.25, 0.3) is 11.8 Å². The predicted molar refractivity (Wildman–Crippen MR) is 142 cm³/mol. The average molecular weight is 526 g/mol. The lowest BCUT2D eigenvalue weighted by molar-refractivity contribution is -0.135. The molecule has 204 valence electrons. The number of carbonyl (C=O) groups is 3. The van der Waals surface area contributed by atoms with Gasteiger partial charge in [-0.15, -0.1) is 0 Å². The molecule has 1 aliphatic carbocycles. The van der Waals surface area contributed by atoms with Crippen LogP contribution in [0.15, 0.2) is 42.5 Å². The second-order valence-electron chi connectivity index (χ2n) is 10.5. The number of ether oxygens (including phenoxy) is 2. The Morgan fingerprint density at radius 3 is 2.47 bits per heavy atom. The highest BCUT2D eigenvalue weighted by Crippen LogP contribution is 2.33. The first kappa shape index (κ1) is 27.6. The fourth-order valence-electron chi connectivity index (χ4n) is 4.69. The number of carbonyl (C=O) groups excluding carboxylic acids is 3. The van der Waals surface area contributed by atoms with E-state index in [0.717, 1.165) is 12.8 Å². The van der Waals surface area contributed by atoms with Gasteiger partial charge in [-0.3, -0.25) is 14.4 Å². The first-order valence-electron chi connectivity index (χ1n) is 13.1. The van der Waals surface area contributed by atoms with E-state index in [1.54, 1.807) is 37.3 Å². The molecule has 3 amide bonds. The summed E-state index contributed by atoms with van der Waals surface area (Å²) in [4.78, 5) is 42.7. The van der Waals surface area contributed by atoms with Gasteiger partial charge in [0.1, 0.15) is 18.2 Å². The van der Waals surface area contributed by atoms with Crippen molar-refractivity contribution in [2.75, 3.05) is 39.2 Å². The van der Waals surface area contributed by atoms with E-state index in [1.165, 1.54) is 24.3 Å². The zero-order chi connectivity index (χ0) is 27.4. The van der Waals surface area contributed by atoms with E-state index in [9.17, 15) is 18.8 Å². The van der Waals surface area contributed by atoms with E-state index in [2.05, 4.69) is 5.32 Å². The number of methoxy groups -OCH3 is 1. The lowest BCUT2D eigenvalue weighted by Crippen LogP contribution is -2.48. The number of hydrogen-bond donors (Lipinski definition) is 1. The Bertz CT molecular complexity index is 1170. The summed E-state index contributed by atoms with van der Waals surface area (Å²) in [6.07, 6.45) is 2.45. The van der Waals surface area contributed by atoms with Crippen LogP contribution in [0.4, 0.5) is 10.1 Å². The minimum absolute atomic E-state index is 0.00352. The lowest BCUT2D eigenvalue weighted by atomic mass is 10.0. The number of fused-ring (bicyclic) bond motifs is 1. The highest BCUT2D eigenvalue weighted by atomic mass is 19.1. The van der Waals surface area contributed by atoms with Crippen LogP contribution in [0.25, 0.3) is 0 Å². The Morgan fingerprint density at radius 2 is 1.82 bits per heavy atom. The minimum Gasteiger partial charge on any atom is -0.491 e. The number of amides is 3. The molecule has 1 N–H and O–H groups in total. The molecule has 0 spiro atoms. The summed E-state index contributed by atoms with van der Waals surface area (Å²) in [6.45, 7) is 5.00. The Balaban J connectivity index is 1.61. The first-order chi connectivity index (χ1) is 18.2. The van der Waals surface area contributed by atoms with Crippen molar-refractivity contribution in [2.45, 2.75) is 45.3 Å². The normalized spacial score (nSPS) is 22.6. The maximum absolute atomic E-state index is 13.4. The molecule has 0 saturated heterocycles. The topological polar surface area (TPSA) is 88.2 Å². The molecule has 2 aromatic rings. The third-order valence-electron chi connectivity index (χ3n) is 7.29. The van der Waals surface area contributed by atoms with E-state index in [0.29, 0.717) is 48.0 Å². The van der Waals surface area contributed by atoms with E-state index < -0.39 is 11.7 Å². The molecule has 0 bridgehead atoms. The molecular weight excluding hydrogens is 489 g/mol. The molecule has 1 fully saturated rings. The molecule has 38 heavy (non-hydrogen) atoms. The summed E-state index contributed by atoms with van der Waals surface area (Å²) in [6, 6.07) is 9.85. The van der Waals surface area contributed by atoms with Gasteiger partial charge in [0.05, 0.1) is 17.7 Å². The standard InChI is InChI=1S/C29H36FN3O5/c1-18-15-33(27(34)13-20-5-6-20)19(2)17-38-25-14-23(31-28(35)21-7-9-22(30)10-8-21)11-12-24(25)29(36)32(3)16-26(18)37-4/h7-12,14,18-20,26H,5-6,13,15-17H2,1-4H3,(H,31,35)/t18-,19+,26+/m1/s1. The van der Waals surface area contributed by atoms with Crippen molar-refractivity contribution in [3.8, 4) is 5.75 Å². The Morgan fingerprint density at radius 1 is 1.11 bits per heavy atom. The van der Waals surface area contributed by atoms with Crippen LogP contribution in [0.2, 0.25) is 0 Å². The van der Waals surface area contributed by atoms with E-state index >= 15 is 0 Å². The molecule has 0 radical (unpaired) electrons. The Hall–Kier alpha value is -3.46. The van der Waals surface area contributed by atoms with Gasteiger partial charge in [-0.1, -0.05) is 6.92 Å². The van der Waals surface area contributed by atoms with Gasteiger partial charge in [0.2, 0.25) is 5.91 Å². The number of hydrogen-bond acceptors (Lipinski definition) is 5. The van der Waals surface area contributed by atoms with E-state index in [-0.39, 0.29) is 36.5 Å². The molecule has 0 unspecified atom stereocenters. The molecule has 0 aromatic heterocycles. The van der Waals surface area contributed by atoms with Gasteiger partial charge in [0.15, 0.2) is 0 Å². The fourth-order valence-corrected chi connectivity index (χ4v) is 4.69. The highest BCUT2D eigenvalue weighted by molar-refractivity contribution is 6.05. The van der Waals surface area contributed by atoms with Crippen LogP contribution in [0, 0.1) is 17.7 Å². The zero-order valence-corrected chi connectivity index (χ0v) is 22.4. The smallest absolute Gasteiger partial charge is 0.257 e. The van der Waals surface area contributed by atoms with Gasteiger partial charge in [-0.2, -0.15) is 0 Å². The predicted octanol–water partition coefficient (Wildman–Crippen LogP) is 4.21. The molecule has 8 nitrogen and oxygen atoms in total. The average Bonchev–Trinajstić information content (AvgIpc) is 3.72. The molecule has 9 heteroatoms. The number of likely N-dealkylation sites (N-methyl/N-ethyl adjacent to an activating group) is 1. The van der Waals surface area contributed by atoms with E-state index in [4.69, 9.17) is 9.47 Å². The van der Waals surface area contributed by atoms with Crippen LogP contribution in [0.3, 0.4) is 0 Å². The quantitative estimate of drug-likeness (QED) is 0.632. The fraction of sp³-hybridized carbons (Fsp3) is 0.483. The summed E-state index contributed by atoms with van der Waals surface area (Å²) >= 11 is 0. The zero-order valence-electron chi connectivity index (χ0n) is 22.4. The van der Waals surface area contributed by atoms with Crippen molar-refractivity contribution in [2.24, 2.45) is 11.8 Å². The maximum atomic E-state index is 13.4. The molecule has 1 saturated carbocycles. The van der Waals surface area contributed by atoms with Gasteiger partial charge < -0.3 is 24.6 Å². The van der Waals surface area contributed by atoms with Gasteiger partial charge in [-0.25, -0.2) is 4.39 Å². The third kappa shape index (κ3) is 6.69. The summed E-state index contributed by atoms with van der Waals surface area (Å²) < 4.78 is 25.1. The van der Waals surface area contributed by atoms with Crippen LogP contribution in [0.1, 0.15) is 53.8 Å². The molecule has 4 rings (SSSR count). The second kappa shape index (κ2) is 11.9. The van der Waals surface area contributed by atoms with Gasteiger partial charge >= 0.3 is 0 Å². The molecule has 1 aliphatic heterocycles. The van der Waals surface area contributed by atoms with Crippen LogP contribution in [-0.4, -0.2) is 73.5 Å². The number of rotatable bonds is 5. The summed E-state index contributed by atoms with van der Waals surface area (Å²) in [5.41, 5.74) is 1.07.